The highest BCUT2D eigenvalue weighted by Gasteiger charge is 2.32. The summed E-state index contributed by atoms with van der Waals surface area (Å²) in [6, 6.07) is 23.9. The van der Waals surface area contributed by atoms with Crippen molar-refractivity contribution in [1.29, 1.82) is 0 Å². The van der Waals surface area contributed by atoms with E-state index >= 15 is 0 Å². The highest BCUT2D eigenvalue weighted by atomic mass is 32.2. The lowest BCUT2D eigenvalue weighted by atomic mass is 10.0. The fraction of sp³-hybridized carbons (Fsp3) is 0.412. The van der Waals surface area contributed by atoms with Crippen LogP contribution in [0.4, 0.5) is 5.69 Å². The predicted octanol–water partition coefficient (Wildman–Crippen LogP) is 5.25. The SMILES string of the molecule is COc1ccc(N(CCCC(=O)N(Cc2ccc(C)cc2)C(Cc2ccccc2)C(=O)NC2CCCC2)S(C)(=O)=O)cc1. The standard InChI is InChI=1S/C34H43N3O5S/c1-26-15-17-28(18-16-26)25-36(32(24-27-10-5-4-6-11-27)34(39)35-29-12-7-8-13-29)33(38)14-9-23-37(43(3,40)41)30-19-21-31(42-2)22-20-30/h4-6,10-11,15-22,29,32H,7-9,12-14,23-25H2,1-3H3,(H,35,39). The Labute approximate surface area is 256 Å². The van der Waals surface area contributed by atoms with Gasteiger partial charge in [-0.05, 0) is 61.6 Å². The second-order valence-corrected chi connectivity index (χ2v) is 13.2. The fourth-order valence-corrected chi connectivity index (χ4v) is 6.53. The van der Waals surface area contributed by atoms with Crippen LogP contribution in [0.5, 0.6) is 5.75 Å². The molecule has 0 spiro atoms. The number of rotatable bonds is 14. The van der Waals surface area contributed by atoms with Gasteiger partial charge in [0.2, 0.25) is 21.8 Å². The quantitative estimate of drug-likeness (QED) is 0.271. The number of methoxy groups -OCH3 is 1. The van der Waals surface area contributed by atoms with Crippen LogP contribution < -0.4 is 14.4 Å². The molecule has 0 radical (unpaired) electrons. The molecular weight excluding hydrogens is 562 g/mol. The zero-order valence-electron chi connectivity index (χ0n) is 25.4. The Balaban J connectivity index is 1.57. The van der Waals surface area contributed by atoms with E-state index in [2.05, 4.69) is 5.32 Å². The molecule has 0 aromatic heterocycles. The van der Waals surface area contributed by atoms with Crippen molar-refractivity contribution in [3.63, 3.8) is 0 Å². The van der Waals surface area contributed by atoms with Crippen LogP contribution in [0.3, 0.4) is 0 Å². The van der Waals surface area contributed by atoms with E-state index in [0.29, 0.717) is 24.3 Å². The molecule has 43 heavy (non-hydrogen) atoms. The number of carbonyl (C=O) groups is 2. The molecule has 1 fully saturated rings. The molecule has 0 saturated heterocycles. The van der Waals surface area contributed by atoms with Crippen molar-refractivity contribution in [2.24, 2.45) is 0 Å². The lowest BCUT2D eigenvalue weighted by Crippen LogP contribution is -2.52. The first kappa shape index (κ1) is 32.1. The van der Waals surface area contributed by atoms with Crippen molar-refractivity contribution in [2.45, 2.75) is 70.5 Å². The molecule has 0 aliphatic heterocycles. The van der Waals surface area contributed by atoms with Crippen molar-refractivity contribution in [1.82, 2.24) is 10.2 Å². The molecule has 1 aliphatic rings. The van der Waals surface area contributed by atoms with Gasteiger partial charge >= 0.3 is 0 Å². The molecule has 2 amide bonds. The Bertz CT molecular complexity index is 1440. The van der Waals surface area contributed by atoms with Gasteiger partial charge in [0, 0.05) is 32.0 Å². The van der Waals surface area contributed by atoms with Crippen molar-refractivity contribution in [3.05, 3.63) is 95.6 Å². The summed E-state index contributed by atoms with van der Waals surface area (Å²) in [5.74, 6) is 0.290. The third-order valence-electron chi connectivity index (χ3n) is 7.96. The van der Waals surface area contributed by atoms with E-state index in [4.69, 9.17) is 4.74 Å². The summed E-state index contributed by atoms with van der Waals surface area (Å²) in [5.41, 5.74) is 3.52. The minimum Gasteiger partial charge on any atom is -0.497 e. The van der Waals surface area contributed by atoms with E-state index in [1.54, 1.807) is 36.3 Å². The molecule has 1 N–H and O–H groups in total. The lowest BCUT2D eigenvalue weighted by molar-refractivity contribution is -0.141. The maximum atomic E-state index is 14.0. The lowest BCUT2D eigenvalue weighted by Gasteiger charge is -2.33. The predicted molar refractivity (Wildman–Crippen MR) is 170 cm³/mol. The number of anilines is 1. The number of hydrogen-bond acceptors (Lipinski definition) is 5. The number of amides is 2. The van der Waals surface area contributed by atoms with E-state index < -0.39 is 16.1 Å². The summed E-state index contributed by atoms with van der Waals surface area (Å²) in [6.07, 6.45) is 6.01. The number of carbonyl (C=O) groups excluding carboxylic acids is 2. The zero-order valence-corrected chi connectivity index (χ0v) is 26.2. The van der Waals surface area contributed by atoms with Crippen molar-refractivity contribution < 1.29 is 22.7 Å². The molecule has 4 rings (SSSR count). The van der Waals surface area contributed by atoms with Crippen LogP contribution >= 0.6 is 0 Å². The second-order valence-electron chi connectivity index (χ2n) is 11.3. The summed E-state index contributed by atoms with van der Waals surface area (Å²) in [7, 11) is -2.04. The molecule has 1 atom stereocenters. The van der Waals surface area contributed by atoms with Gasteiger partial charge < -0.3 is 15.0 Å². The normalized spacial score (nSPS) is 14.2. The third kappa shape index (κ3) is 9.32. The maximum Gasteiger partial charge on any atom is 0.243 e. The van der Waals surface area contributed by atoms with Crippen LogP contribution in [-0.2, 0) is 32.6 Å². The van der Waals surface area contributed by atoms with Crippen LogP contribution in [0.25, 0.3) is 0 Å². The Morgan fingerprint density at radius 2 is 1.58 bits per heavy atom. The average molecular weight is 606 g/mol. The minimum absolute atomic E-state index is 0.0933. The molecular formula is C34H43N3O5S. The number of aryl methyl sites for hydroxylation is 1. The molecule has 230 valence electrons. The molecule has 1 unspecified atom stereocenters. The highest BCUT2D eigenvalue weighted by Crippen LogP contribution is 2.24. The second kappa shape index (κ2) is 15.0. The number of ether oxygens (including phenoxy) is 1. The van der Waals surface area contributed by atoms with Gasteiger partial charge in [0.25, 0.3) is 0 Å². The van der Waals surface area contributed by atoms with Crippen LogP contribution in [0, 0.1) is 6.92 Å². The molecule has 1 saturated carbocycles. The van der Waals surface area contributed by atoms with Crippen molar-refractivity contribution in [2.75, 3.05) is 24.2 Å². The summed E-state index contributed by atoms with van der Waals surface area (Å²) >= 11 is 0. The smallest absolute Gasteiger partial charge is 0.243 e. The largest absolute Gasteiger partial charge is 0.497 e. The molecule has 1 aliphatic carbocycles. The minimum atomic E-state index is -3.59. The van der Waals surface area contributed by atoms with Crippen LogP contribution in [0.15, 0.2) is 78.9 Å². The zero-order chi connectivity index (χ0) is 30.8. The van der Waals surface area contributed by atoms with E-state index in [0.717, 1.165) is 48.6 Å². The average Bonchev–Trinajstić information content (AvgIpc) is 3.51. The number of benzene rings is 3. The Kier molecular flexibility index (Phi) is 11.2. The van der Waals surface area contributed by atoms with Gasteiger partial charge in [0.05, 0.1) is 19.1 Å². The fourth-order valence-electron chi connectivity index (χ4n) is 5.56. The van der Waals surface area contributed by atoms with Crippen LogP contribution in [0.2, 0.25) is 0 Å². The maximum absolute atomic E-state index is 14.0. The van der Waals surface area contributed by atoms with Crippen LogP contribution in [0.1, 0.15) is 55.2 Å². The molecule has 0 heterocycles. The van der Waals surface area contributed by atoms with Crippen LogP contribution in [-0.4, -0.2) is 57.1 Å². The van der Waals surface area contributed by atoms with E-state index in [-0.39, 0.29) is 37.4 Å². The van der Waals surface area contributed by atoms with E-state index in [9.17, 15) is 18.0 Å². The Hall–Kier alpha value is -3.85. The summed E-state index contributed by atoms with van der Waals surface area (Å²) in [4.78, 5) is 29.5. The van der Waals surface area contributed by atoms with Gasteiger partial charge in [0.15, 0.2) is 0 Å². The Morgan fingerprint density at radius 3 is 2.19 bits per heavy atom. The summed E-state index contributed by atoms with van der Waals surface area (Å²) in [6.45, 7) is 2.42. The number of sulfonamides is 1. The topological polar surface area (TPSA) is 96.0 Å². The first-order valence-electron chi connectivity index (χ1n) is 14.9. The first-order chi connectivity index (χ1) is 20.6. The third-order valence-corrected chi connectivity index (χ3v) is 9.15. The molecule has 0 bridgehead atoms. The number of hydrogen-bond donors (Lipinski definition) is 1. The molecule has 3 aromatic carbocycles. The molecule has 8 nitrogen and oxygen atoms in total. The first-order valence-corrected chi connectivity index (χ1v) is 16.8. The Morgan fingerprint density at radius 1 is 0.930 bits per heavy atom. The van der Waals surface area contributed by atoms with Gasteiger partial charge in [-0.1, -0.05) is 73.0 Å². The van der Waals surface area contributed by atoms with Gasteiger partial charge in [-0.25, -0.2) is 8.42 Å². The molecule has 9 heteroatoms. The monoisotopic (exact) mass is 605 g/mol. The van der Waals surface area contributed by atoms with Crippen molar-refractivity contribution in [3.8, 4) is 5.75 Å². The van der Waals surface area contributed by atoms with Gasteiger partial charge in [-0.2, -0.15) is 0 Å². The van der Waals surface area contributed by atoms with Crippen molar-refractivity contribution >= 4 is 27.5 Å². The van der Waals surface area contributed by atoms with Gasteiger partial charge in [0.1, 0.15) is 11.8 Å². The highest BCUT2D eigenvalue weighted by molar-refractivity contribution is 7.92. The summed E-state index contributed by atoms with van der Waals surface area (Å²) < 4.78 is 31.9. The van der Waals surface area contributed by atoms with E-state index in [1.165, 1.54) is 4.31 Å². The number of nitrogens with one attached hydrogen (secondary N) is 1. The molecule has 3 aromatic rings. The summed E-state index contributed by atoms with van der Waals surface area (Å²) in [5, 5.41) is 3.22. The van der Waals surface area contributed by atoms with Gasteiger partial charge in [-0.15, -0.1) is 0 Å². The van der Waals surface area contributed by atoms with Gasteiger partial charge in [-0.3, -0.25) is 13.9 Å². The number of nitrogens with zero attached hydrogens (tertiary/aromatic N) is 2. The van der Waals surface area contributed by atoms with E-state index in [1.807, 2.05) is 61.5 Å².